The predicted molar refractivity (Wildman–Crippen MR) is 127 cm³/mol. The number of halogens is 2. The van der Waals surface area contributed by atoms with E-state index >= 15 is 0 Å². The van der Waals surface area contributed by atoms with E-state index in [1.807, 2.05) is 20.8 Å². The maximum atomic E-state index is 14.1. The number of nitrogens with zero attached hydrogens (tertiary/aromatic N) is 4. The van der Waals surface area contributed by atoms with Crippen molar-refractivity contribution in [2.45, 2.75) is 82.3 Å². The Morgan fingerprint density at radius 2 is 2.00 bits per heavy atom. The van der Waals surface area contributed by atoms with Crippen molar-refractivity contribution in [3.63, 3.8) is 0 Å². The fraction of sp³-hybridized carbons (Fsp3) is 0.792. The molecule has 8 nitrogen and oxygen atoms in total. The van der Waals surface area contributed by atoms with Gasteiger partial charge in [0.15, 0.2) is 0 Å². The minimum atomic E-state index is -0.801. The van der Waals surface area contributed by atoms with E-state index in [2.05, 4.69) is 25.1 Å². The lowest BCUT2D eigenvalue weighted by Crippen LogP contribution is -2.61. The van der Waals surface area contributed by atoms with E-state index in [9.17, 15) is 9.18 Å². The number of anilines is 1. The summed E-state index contributed by atoms with van der Waals surface area (Å²) >= 11 is 6.34. The first kappa shape index (κ1) is 24.0. The molecule has 10 heteroatoms. The molecule has 5 atom stereocenters. The summed E-state index contributed by atoms with van der Waals surface area (Å²) in [6.07, 6.45) is 3.15. The van der Waals surface area contributed by atoms with Crippen molar-refractivity contribution < 1.29 is 18.7 Å². The Labute approximate surface area is 205 Å². The number of rotatable bonds is 5. The van der Waals surface area contributed by atoms with Gasteiger partial charge in [-0.3, -0.25) is 9.69 Å². The summed E-state index contributed by atoms with van der Waals surface area (Å²) in [6.45, 7) is 8.90. The van der Waals surface area contributed by atoms with Crippen molar-refractivity contribution in [3.05, 3.63) is 11.2 Å². The molecule has 0 amide bonds. The minimum absolute atomic E-state index is 0.0927. The molecule has 4 aliphatic heterocycles. The van der Waals surface area contributed by atoms with Gasteiger partial charge in [-0.1, -0.05) is 11.6 Å². The number of hydrogen-bond acceptors (Lipinski definition) is 8. The van der Waals surface area contributed by atoms with Crippen molar-refractivity contribution in [2.24, 2.45) is 5.92 Å². The van der Waals surface area contributed by atoms with Crippen molar-refractivity contribution in [1.82, 2.24) is 20.2 Å². The summed E-state index contributed by atoms with van der Waals surface area (Å²) in [5.74, 6) is 0.517. The van der Waals surface area contributed by atoms with Crippen LogP contribution in [0.3, 0.4) is 0 Å². The normalized spacial score (nSPS) is 33.6. The lowest BCUT2D eigenvalue weighted by atomic mass is 9.85. The first-order chi connectivity index (χ1) is 16.1. The number of alkyl halides is 1. The molecule has 1 unspecified atom stereocenters. The Morgan fingerprint density at radius 1 is 1.26 bits per heavy atom. The van der Waals surface area contributed by atoms with Crippen LogP contribution in [0.4, 0.5) is 10.2 Å². The predicted octanol–water partition coefficient (Wildman–Crippen LogP) is 2.98. The Morgan fingerprint density at radius 3 is 2.71 bits per heavy atom. The molecule has 4 fully saturated rings. The van der Waals surface area contributed by atoms with Crippen LogP contribution in [0.1, 0.15) is 52.9 Å². The van der Waals surface area contributed by atoms with Gasteiger partial charge in [0.25, 0.3) is 0 Å². The van der Waals surface area contributed by atoms with Crippen LogP contribution in [-0.4, -0.2) is 83.0 Å². The third kappa shape index (κ3) is 5.11. The highest BCUT2D eigenvalue weighted by atomic mass is 35.5. The van der Waals surface area contributed by atoms with Crippen LogP contribution in [-0.2, 0) is 9.53 Å². The largest absolute Gasteiger partial charge is 0.461 e. The molecular weight excluding hydrogens is 461 g/mol. The highest BCUT2D eigenvalue weighted by Gasteiger charge is 2.49. The van der Waals surface area contributed by atoms with Gasteiger partial charge in [0.05, 0.1) is 11.5 Å². The van der Waals surface area contributed by atoms with Crippen molar-refractivity contribution >= 4 is 23.4 Å². The highest BCUT2D eigenvalue weighted by Crippen LogP contribution is 2.40. The first-order valence-electron chi connectivity index (χ1n) is 12.4. The summed E-state index contributed by atoms with van der Waals surface area (Å²) in [4.78, 5) is 25.9. The van der Waals surface area contributed by atoms with Gasteiger partial charge >= 0.3 is 12.0 Å². The summed E-state index contributed by atoms with van der Waals surface area (Å²) in [5, 5.41) is 3.95. The Hall–Kier alpha value is -1.71. The topological polar surface area (TPSA) is 79.8 Å². The average molecular weight is 496 g/mol. The number of nitrogens with one attached hydrogen (secondary N) is 1. The molecular formula is C24H35ClFN5O3. The molecule has 4 saturated heterocycles. The lowest BCUT2D eigenvalue weighted by Gasteiger charge is -2.45. The van der Waals surface area contributed by atoms with Crippen LogP contribution in [0, 0.1) is 5.92 Å². The second kappa shape index (κ2) is 9.06. The molecule has 5 heterocycles. The van der Waals surface area contributed by atoms with E-state index < -0.39 is 11.8 Å². The molecule has 1 N–H and O–H groups in total. The van der Waals surface area contributed by atoms with E-state index in [-0.39, 0.29) is 35.5 Å². The van der Waals surface area contributed by atoms with Gasteiger partial charge < -0.3 is 19.7 Å². The van der Waals surface area contributed by atoms with Gasteiger partial charge in [0.1, 0.15) is 29.4 Å². The zero-order valence-electron chi connectivity index (χ0n) is 20.2. The number of esters is 1. The number of carbonyl (C=O) groups excluding carboxylic acids is 1. The number of piperazine rings is 1. The van der Waals surface area contributed by atoms with E-state index in [1.54, 1.807) is 6.07 Å². The quantitative estimate of drug-likeness (QED) is 0.493. The number of hydrogen-bond donors (Lipinski definition) is 1. The van der Waals surface area contributed by atoms with Crippen molar-refractivity contribution in [1.29, 1.82) is 0 Å². The van der Waals surface area contributed by atoms with Crippen LogP contribution < -0.4 is 15.0 Å². The number of aromatic nitrogens is 2. The second-order valence-electron chi connectivity index (χ2n) is 11.4. The van der Waals surface area contributed by atoms with E-state index in [1.165, 1.54) is 0 Å². The summed E-state index contributed by atoms with van der Waals surface area (Å²) in [6, 6.07) is 2.32. The zero-order chi connectivity index (χ0) is 24.1. The minimum Gasteiger partial charge on any atom is -0.461 e. The van der Waals surface area contributed by atoms with Crippen molar-refractivity contribution in [3.8, 4) is 6.01 Å². The maximum Gasteiger partial charge on any atom is 0.319 e. The third-order valence-electron chi connectivity index (χ3n) is 7.45. The van der Waals surface area contributed by atoms with Gasteiger partial charge in [-0.25, -0.2) is 4.39 Å². The Bertz CT molecular complexity index is 916. The van der Waals surface area contributed by atoms with Gasteiger partial charge in [-0.15, -0.1) is 0 Å². The summed E-state index contributed by atoms with van der Waals surface area (Å²) < 4.78 is 25.7. The fourth-order valence-electron chi connectivity index (χ4n) is 6.14. The molecule has 0 saturated carbocycles. The van der Waals surface area contributed by atoms with Crippen molar-refractivity contribution in [2.75, 3.05) is 37.7 Å². The summed E-state index contributed by atoms with van der Waals surface area (Å²) in [5.41, 5.74) is -0.732. The van der Waals surface area contributed by atoms with E-state index in [0.717, 1.165) is 38.0 Å². The molecule has 0 aromatic carbocycles. The standard InChI is InChI=1S/C24H35ClFN5O3/c1-23(2,3)34-21(32)15-7-17-12-30(13-18(8-15)27-17)20-9-19(25)28-22(29-20)33-14-24-5-4-6-31(24)11-16(26)10-24/h9,15-18,27H,4-8,10-14H2,1-3H3/t15?,16-,17-,18+,24+/m1/s1. The van der Waals surface area contributed by atoms with E-state index in [4.69, 9.17) is 21.1 Å². The fourth-order valence-corrected chi connectivity index (χ4v) is 6.31. The Balaban J connectivity index is 1.24. The molecule has 0 spiro atoms. The molecule has 34 heavy (non-hydrogen) atoms. The Kier molecular flexibility index (Phi) is 6.40. The number of piperidine rings is 1. The first-order valence-corrected chi connectivity index (χ1v) is 12.8. The lowest BCUT2D eigenvalue weighted by molar-refractivity contribution is -0.161. The van der Waals surface area contributed by atoms with Crippen LogP contribution in [0.5, 0.6) is 6.01 Å². The van der Waals surface area contributed by atoms with Crippen LogP contribution in [0.15, 0.2) is 6.07 Å². The average Bonchev–Trinajstić information content (AvgIpc) is 3.25. The van der Waals surface area contributed by atoms with Gasteiger partial charge in [-0.2, -0.15) is 9.97 Å². The smallest absolute Gasteiger partial charge is 0.319 e. The summed E-state index contributed by atoms with van der Waals surface area (Å²) in [7, 11) is 0. The molecule has 1 aromatic rings. The maximum absolute atomic E-state index is 14.1. The van der Waals surface area contributed by atoms with Gasteiger partial charge in [0, 0.05) is 44.2 Å². The monoisotopic (exact) mass is 495 g/mol. The molecule has 4 aliphatic rings. The van der Waals surface area contributed by atoms with Crippen LogP contribution in [0.25, 0.3) is 0 Å². The third-order valence-corrected chi connectivity index (χ3v) is 7.64. The zero-order valence-corrected chi connectivity index (χ0v) is 21.0. The number of ether oxygens (including phenoxy) is 2. The SMILES string of the molecule is CC(C)(C)OC(=O)C1C[C@@H]2CN(c3cc(Cl)nc(OC[C@@]45CCCN4C[C@H](F)C5)n3)C[C@H](C1)N2. The molecule has 2 bridgehead atoms. The highest BCUT2D eigenvalue weighted by molar-refractivity contribution is 6.29. The van der Waals surface area contributed by atoms with Crippen LogP contribution in [0.2, 0.25) is 5.15 Å². The number of carbonyl (C=O) groups is 1. The molecule has 5 rings (SSSR count). The molecule has 0 radical (unpaired) electrons. The molecule has 188 valence electrons. The molecule has 0 aliphatic carbocycles. The second-order valence-corrected chi connectivity index (χ2v) is 11.7. The van der Waals surface area contributed by atoms with Crippen LogP contribution >= 0.6 is 11.6 Å². The number of fused-ring (bicyclic) bond motifs is 3. The van der Waals surface area contributed by atoms with Gasteiger partial charge in [0.2, 0.25) is 0 Å². The van der Waals surface area contributed by atoms with Gasteiger partial charge in [-0.05, 0) is 53.0 Å². The molecule has 1 aromatic heterocycles. The van der Waals surface area contributed by atoms with E-state index in [0.29, 0.717) is 37.8 Å².